The summed E-state index contributed by atoms with van der Waals surface area (Å²) in [6.45, 7) is 5.58. The van der Waals surface area contributed by atoms with Gasteiger partial charge in [0.1, 0.15) is 5.75 Å². The van der Waals surface area contributed by atoms with Gasteiger partial charge in [-0.2, -0.15) is 0 Å². The molecule has 4 heteroatoms. The van der Waals surface area contributed by atoms with Crippen molar-refractivity contribution in [3.63, 3.8) is 0 Å². The van der Waals surface area contributed by atoms with Crippen molar-refractivity contribution in [1.82, 2.24) is 10.2 Å². The Morgan fingerprint density at radius 1 is 1.26 bits per heavy atom. The van der Waals surface area contributed by atoms with E-state index in [0.717, 1.165) is 29.0 Å². The molecule has 1 rings (SSSR count). The molecule has 1 aromatic carbocycles. The van der Waals surface area contributed by atoms with Crippen molar-refractivity contribution >= 4 is 5.91 Å². The molecule has 1 N–H and O–H groups in total. The Hall–Kier alpha value is -1.55. The van der Waals surface area contributed by atoms with Gasteiger partial charge in [-0.05, 0) is 50.7 Å². The maximum absolute atomic E-state index is 11.9. The third kappa shape index (κ3) is 4.56. The number of carbonyl (C=O) groups excluding carboxylic acids is 1. The van der Waals surface area contributed by atoms with Gasteiger partial charge in [0.05, 0.1) is 13.5 Å². The number of hydrogen-bond acceptors (Lipinski definition) is 3. The average molecular weight is 264 g/mol. The van der Waals surface area contributed by atoms with Crippen LogP contribution in [0.2, 0.25) is 0 Å². The van der Waals surface area contributed by atoms with E-state index >= 15 is 0 Å². The summed E-state index contributed by atoms with van der Waals surface area (Å²) in [6.07, 6.45) is 0.421. The minimum atomic E-state index is 0.0644. The Morgan fingerprint density at radius 3 is 2.53 bits per heavy atom. The first-order chi connectivity index (χ1) is 8.95. The van der Waals surface area contributed by atoms with Crippen LogP contribution in [-0.2, 0) is 11.2 Å². The zero-order valence-corrected chi connectivity index (χ0v) is 12.5. The van der Waals surface area contributed by atoms with Crippen LogP contribution in [0.4, 0.5) is 0 Å². The Kier molecular flexibility index (Phi) is 5.83. The average Bonchev–Trinajstić information content (AvgIpc) is 2.35. The van der Waals surface area contributed by atoms with Crippen LogP contribution >= 0.6 is 0 Å². The fourth-order valence-corrected chi connectivity index (χ4v) is 1.92. The summed E-state index contributed by atoms with van der Waals surface area (Å²) in [6, 6.07) is 3.89. The van der Waals surface area contributed by atoms with Gasteiger partial charge in [-0.1, -0.05) is 6.07 Å². The zero-order chi connectivity index (χ0) is 14.4. The van der Waals surface area contributed by atoms with Crippen molar-refractivity contribution in [2.24, 2.45) is 0 Å². The monoisotopic (exact) mass is 264 g/mol. The van der Waals surface area contributed by atoms with Gasteiger partial charge in [0.2, 0.25) is 5.91 Å². The largest absolute Gasteiger partial charge is 0.496 e. The highest BCUT2D eigenvalue weighted by Gasteiger charge is 2.10. The molecule has 106 valence electrons. The minimum absolute atomic E-state index is 0.0644. The number of hydrogen-bond donors (Lipinski definition) is 1. The molecule has 0 aliphatic heterocycles. The third-order valence-corrected chi connectivity index (χ3v) is 3.30. The minimum Gasteiger partial charge on any atom is -0.496 e. The molecule has 0 fully saturated rings. The molecule has 0 unspecified atom stereocenters. The summed E-state index contributed by atoms with van der Waals surface area (Å²) < 4.78 is 5.27. The lowest BCUT2D eigenvalue weighted by Crippen LogP contribution is -2.32. The molecule has 0 saturated carbocycles. The summed E-state index contributed by atoms with van der Waals surface area (Å²) >= 11 is 0. The molecule has 0 saturated heterocycles. The van der Waals surface area contributed by atoms with Crippen LogP contribution < -0.4 is 10.1 Å². The first kappa shape index (κ1) is 15.5. The number of nitrogens with zero attached hydrogens (tertiary/aromatic N) is 1. The predicted octanol–water partition coefficient (Wildman–Crippen LogP) is 1.53. The summed E-state index contributed by atoms with van der Waals surface area (Å²) in [7, 11) is 5.64. The van der Waals surface area contributed by atoms with E-state index in [9.17, 15) is 4.79 Å². The van der Waals surface area contributed by atoms with Crippen LogP contribution in [0, 0.1) is 13.8 Å². The lowest BCUT2D eigenvalue weighted by Gasteiger charge is -2.13. The van der Waals surface area contributed by atoms with E-state index in [1.54, 1.807) is 7.11 Å². The van der Waals surface area contributed by atoms with E-state index in [-0.39, 0.29) is 5.91 Å². The predicted molar refractivity (Wildman–Crippen MR) is 77.7 cm³/mol. The van der Waals surface area contributed by atoms with Crippen LogP contribution in [0.1, 0.15) is 16.7 Å². The van der Waals surface area contributed by atoms with E-state index in [4.69, 9.17) is 4.74 Å². The number of carbonyl (C=O) groups is 1. The fraction of sp³-hybridized carbons (Fsp3) is 0.533. The van der Waals surface area contributed by atoms with Crippen LogP contribution in [0.5, 0.6) is 5.75 Å². The molecular formula is C15H24N2O2. The Balaban J connectivity index is 2.62. The number of amides is 1. The Morgan fingerprint density at radius 2 is 1.95 bits per heavy atom. The lowest BCUT2D eigenvalue weighted by atomic mass is 10.00. The summed E-state index contributed by atoms with van der Waals surface area (Å²) in [4.78, 5) is 13.9. The fourth-order valence-electron chi connectivity index (χ4n) is 1.92. The highest BCUT2D eigenvalue weighted by atomic mass is 16.5. The van der Waals surface area contributed by atoms with Crippen LogP contribution in [-0.4, -0.2) is 45.1 Å². The van der Waals surface area contributed by atoms with E-state index in [2.05, 4.69) is 5.32 Å². The topological polar surface area (TPSA) is 41.6 Å². The molecule has 0 aliphatic carbocycles. The molecule has 0 heterocycles. The second kappa shape index (κ2) is 7.14. The molecule has 0 radical (unpaired) electrons. The second-order valence-electron chi connectivity index (χ2n) is 5.01. The van der Waals surface area contributed by atoms with Gasteiger partial charge >= 0.3 is 0 Å². The molecule has 0 spiro atoms. The van der Waals surface area contributed by atoms with Crippen molar-refractivity contribution in [1.29, 1.82) is 0 Å². The third-order valence-electron chi connectivity index (χ3n) is 3.30. The van der Waals surface area contributed by atoms with Gasteiger partial charge in [0.15, 0.2) is 0 Å². The number of rotatable bonds is 6. The second-order valence-corrected chi connectivity index (χ2v) is 5.01. The highest BCUT2D eigenvalue weighted by molar-refractivity contribution is 5.79. The SMILES string of the molecule is COc1ccc(CC(=O)NCCN(C)C)c(C)c1C. The lowest BCUT2D eigenvalue weighted by molar-refractivity contribution is -0.120. The Labute approximate surface area is 115 Å². The van der Waals surface area contributed by atoms with Gasteiger partial charge < -0.3 is 15.0 Å². The number of likely N-dealkylation sites (N-methyl/N-ethyl adjacent to an activating group) is 1. The molecule has 0 aliphatic rings. The molecule has 1 aromatic rings. The Bertz CT molecular complexity index is 442. The standard InChI is InChI=1S/C15H24N2O2/c1-11-12(2)14(19-5)7-6-13(11)10-15(18)16-8-9-17(3)4/h6-7H,8-10H2,1-5H3,(H,16,18). The van der Waals surface area contributed by atoms with E-state index in [1.807, 2.05) is 45.0 Å². The first-order valence-electron chi connectivity index (χ1n) is 6.50. The van der Waals surface area contributed by atoms with Gasteiger partial charge in [0, 0.05) is 13.1 Å². The maximum atomic E-state index is 11.9. The van der Waals surface area contributed by atoms with Gasteiger partial charge in [-0.3, -0.25) is 4.79 Å². The highest BCUT2D eigenvalue weighted by Crippen LogP contribution is 2.24. The first-order valence-corrected chi connectivity index (χ1v) is 6.50. The number of benzene rings is 1. The van der Waals surface area contributed by atoms with Crippen molar-refractivity contribution < 1.29 is 9.53 Å². The van der Waals surface area contributed by atoms with Crippen molar-refractivity contribution in [3.8, 4) is 5.75 Å². The van der Waals surface area contributed by atoms with Crippen molar-refractivity contribution in [2.45, 2.75) is 20.3 Å². The van der Waals surface area contributed by atoms with Crippen LogP contribution in [0.15, 0.2) is 12.1 Å². The summed E-state index contributed by atoms with van der Waals surface area (Å²) in [5, 5.41) is 2.93. The van der Waals surface area contributed by atoms with Gasteiger partial charge in [-0.25, -0.2) is 0 Å². The van der Waals surface area contributed by atoms with Gasteiger partial charge in [0.25, 0.3) is 0 Å². The number of ether oxygens (including phenoxy) is 1. The molecule has 0 aromatic heterocycles. The maximum Gasteiger partial charge on any atom is 0.224 e. The zero-order valence-electron chi connectivity index (χ0n) is 12.5. The van der Waals surface area contributed by atoms with E-state index in [0.29, 0.717) is 13.0 Å². The quantitative estimate of drug-likeness (QED) is 0.847. The normalized spacial score (nSPS) is 10.6. The summed E-state index contributed by atoms with van der Waals surface area (Å²) in [5.41, 5.74) is 3.28. The summed E-state index contributed by atoms with van der Waals surface area (Å²) in [5.74, 6) is 0.934. The molecule has 19 heavy (non-hydrogen) atoms. The van der Waals surface area contributed by atoms with E-state index < -0.39 is 0 Å². The smallest absolute Gasteiger partial charge is 0.224 e. The van der Waals surface area contributed by atoms with Crippen LogP contribution in [0.3, 0.4) is 0 Å². The van der Waals surface area contributed by atoms with Crippen molar-refractivity contribution in [2.75, 3.05) is 34.3 Å². The number of nitrogens with one attached hydrogen (secondary N) is 1. The van der Waals surface area contributed by atoms with Crippen LogP contribution in [0.25, 0.3) is 0 Å². The molecule has 0 bridgehead atoms. The molecule has 0 atom stereocenters. The van der Waals surface area contributed by atoms with E-state index in [1.165, 1.54) is 0 Å². The number of methoxy groups -OCH3 is 1. The molecule has 1 amide bonds. The molecule has 4 nitrogen and oxygen atoms in total. The van der Waals surface area contributed by atoms with Gasteiger partial charge in [-0.15, -0.1) is 0 Å². The molecular weight excluding hydrogens is 240 g/mol. The van der Waals surface area contributed by atoms with Crippen molar-refractivity contribution in [3.05, 3.63) is 28.8 Å².